The number of nitrogens with two attached hydrogens (primary N) is 1. The zero-order valence-electron chi connectivity index (χ0n) is 17.2. The van der Waals surface area contributed by atoms with Crippen LogP contribution < -0.4 is 10.5 Å². The minimum Gasteiger partial charge on any atom is -0.497 e. The van der Waals surface area contributed by atoms with Gasteiger partial charge in [0.1, 0.15) is 12.4 Å². The predicted molar refractivity (Wildman–Crippen MR) is 124 cm³/mol. The average molecular weight is 456 g/mol. The Morgan fingerprint density at radius 1 is 0.967 bits per heavy atom. The van der Waals surface area contributed by atoms with E-state index in [-0.39, 0.29) is 37.5 Å². The highest BCUT2D eigenvalue weighted by Gasteiger charge is 2.26. The Hall–Kier alpha value is -1.83. The molecule has 1 saturated heterocycles. The van der Waals surface area contributed by atoms with Crippen molar-refractivity contribution in [3.8, 4) is 5.75 Å². The molecule has 1 aliphatic rings. The molecule has 8 heteroatoms. The van der Waals surface area contributed by atoms with Gasteiger partial charge in [-0.2, -0.15) is 0 Å². The summed E-state index contributed by atoms with van der Waals surface area (Å²) in [4.78, 5) is 15.6. The van der Waals surface area contributed by atoms with Crippen molar-refractivity contribution in [1.82, 2.24) is 9.80 Å². The number of rotatable bonds is 9. The van der Waals surface area contributed by atoms with E-state index in [2.05, 4.69) is 52.3 Å². The third-order valence-electron chi connectivity index (χ3n) is 5.12. The van der Waals surface area contributed by atoms with E-state index < -0.39 is 5.91 Å². The summed E-state index contributed by atoms with van der Waals surface area (Å²) in [6.45, 7) is 5.23. The molecule has 0 aliphatic carbocycles. The van der Waals surface area contributed by atoms with Gasteiger partial charge in [-0.3, -0.25) is 14.6 Å². The Bertz CT molecular complexity index is 739. The quantitative estimate of drug-likeness (QED) is 0.588. The molecule has 0 bridgehead atoms. The molecule has 1 aliphatic heterocycles. The number of methoxy groups -OCH3 is 1. The zero-order valence-corrected chi connectivity index (χ0v) is 18.9. The van der Waals surface area contributed by atoms with Crippen LogP contribution in [0.2, 0.25) is 0 Å². The highest BCUT2D eigenvalue weighted by Crippen LogP contribution is 2.30. The van der Waals surface area contributed by atoms with Gasteiger partial charge in [0, 0.05) is 32.7 Å². The normalized spacial score (nSPS) is 15.5. The maximum Gasteiger partial charge on any atom is 0.243 e. The van der Waals surface area contributed by atoms with Gasteiger partial charge in [0.25, 0.3) is 0 Å². The zero-order chi connectivity index (χ0) is 19.8. The van der Waals surface area contributed by atoms with Crippen molar-refractivity contribution in [3.05, 3.63) is 65.7 Å². The lowest BCUT2D eigenvalue weighted by molar-refractivity contribution is -0.122. The standard InChI is InChI=1S/C22H29N3O3.2ClH/c1-27-20-9-7-19(8-10-20)22(18-5-3-2-4-6-18)25-13-11-24(12-14-25)15-16-28-17-21(23)26;;/h2-10,22H,11-17H2,1H3,(H2,23,26);2*1H. The Kier molecular flexibility index (Phi) is 11.8. The predicted octanol–water partition coefficient (Wildman–Crippen LogP) is 2.75. The number of primary amides is 1. The summed E-state index contributed by atoms with van der Waals surface area (Å²) in [5.74, 6) is 0.450. The van der Waals surface area contributed by atoms with Gasteiger partial charge in [-0.15, -0.1) is 24.8 Å². The summed E-state index contributed by atoms with van der Waals surface area (Å²) >= 11 is 0. The van der Waals surface area contributed by atoms with Gasteiger partial charge in [-0.1, -0.05) is 42.5 Å². The van der Waals surface area contributed by atoms with Crippen molar-refractivity contribution in [2.24, 2.45) is 5.73 Å². The van der Waals surface area contributed by atoms with Crippen molar-refractivity contribution in [2.45, 2.75) is 6.04 Å². The number of carbonyl (C=O) groups excluding carboxylic acids is 1. The average Bonchev–Trinajstić information content (AvgIpc) is 2.74. The molecule has 1 fully saturated rings. The second-order valence-corrected chi connectivity index (χ2v) is 6.98. The minimum atomic E-state index is -0.421. The topological polar surface area (TPSA) is 68.0 Å². The number of hydrogen-bond acceptors (Lipinski definition) is 5. The molecule has 0 saturated carbocycles. The number of nitrogens with zero attached hydrogens (tertiary/aromatic N) is 2. The van der Waals surface area contributed by atoms with E-state index in [1.165, 1.54) is 11.1 Å². The molecule has 1 amide bonds. The molecule has 3 rings (SSSR count). The maximum atomic E-state index is 10.7. The van der Waals surface area contributed by atoms with Crippen molar-refractivity contribution in [2.75, 3.05) is 53.0 Å². The van der Waals surface area contributed by atoms with E-state index >= 15 is 0 Å². The Labute approximate surface area is 191 Å². The first kappa shape index (κ1) is 26.2. The van der Waals surface area contributed by atoms with Gasteiger partial charge in [0.2, 0.25) is 5.91 Å². The van der Waals surface area contributed by atoms with Gasteiger partial charge in [0.05, 0.1) is 19.8 Å². The number of halogens is 2. The number of ether oxygens (including phenoxy) is 2. The fraction of sp³-hybridized carbons (Fsp3) is 0.409. The third kappa shape index (κ3) is 7.45. The van der Waals surface area contributed by atoms with Gasteiger partial charge >= 0.3 is 0 Å². The first-order chi connectivity index (χ1) is 13.7. The van der Waals surface area contributed by atoms with Crippen LogP contribution in [0.4, 0.5) is 0 Å². The smallest absolute Gasteiger partial charge is 0.243 e. The number of amides is 1. The highest BCUT2D eigenvalue weighted by atomic mass is 35.5. The first-order valence-corrected chi connectivity index (χ1v) is 9.68. The molecule has 2 N–H and O–H groups in total. The molecule has 0 spiro atoms. The van der Waals surface area contributed by atoms with E-state index in [1.807, 2.05) is 12.1 Å². The van der Waals surface area contributed by atoms with E-state index in [4.69, 9.17) is 15.2 Å². The summed E-state index contributed by atoms with van der Waals surface area (Å²) in [6, 6.07) is 19.2. The molecule has 0 radical (unpaired) electrons. The fourth-order valence-electron chi connectivity index (χ4n) is 3.65. The van der Waals surface area contributed by atoms with Crippen LogP contribution in [-0.4, -0.2) is 68.8 Å². The molecule has 1 heterocycles. The molecule has 2 aromatic rings. The van der Waals surface area contributed by atoms with Gasteiger partial charge in [0.15, 0.2) is 0 Å². The number of piperazine rings is 1. The summed E-state index contributed by atoms with van der Waals surface area (Å²) in [7, 11) is 1.69. The summed E-state index contributed by atoms with van der Waals surface area (Å²) in [6.07, 6.45) is 0. The van der Waals surface area contributed by atoms with Crippen molar-refractivity contribution in [3.63, 3.8) is 0 Å². The van der Waals surface area contributed by atoms with Crippen LogP contribution in [0.25, 0.3) is 0 Å². The van der Waals surface area contributed by atoms with E-state index in [0.29, 0.717) is 6.61 Å². The molecule has 0 aromatic heterocycles. The fourth-order valence-corrected chi connectivity index (χ4v) is 3.65. The second-order valence-electron chi connectivity index (χ2n) is 6.98. The van der Waals surface area contributed by atoms with Gasteiger partial charge in [-0.25, -0.2) is 0 Å². The Balaban J connectivity index is 0.00000225. The van der Waals surface area contributed by atoms with Crippen LogP contribution in [0, 0.1) is 0 Å². The molecule has 166 valence electrons. The lowest BCUT2D eigenvalue weighted by atomic mass is 9.96. The Morgan fingerprint density at radius 2 is 1.57 bits per heavy atom. The van der Waals surface area contributed by atoms with Crippen molar-refractivity contribution < 1.29 is 14.3 Å². The molecule has 30 heavy (non-hydrogen) atoms. The van der Waals surface area contributed by atoms with Gasteiger partial charge < -0.3 is 15.2 Å². The lowest BCUT2D eigenvalue weighted by Crippen LogP contribution is -2.48. The summed E-state index contributed by atoms with van der Waals surface area (Å²) in [5, 5.41) is 0. The lowest BCUT2D eigenvalue weighted by Gasteiger charge is -2.39. The van der Waals surface area contributed by atoms with Crippen LogP contribution in [0.5, 0.6) is 5.75 Å². The SMILES string of the molecule is COc1ccc(C(c2ccccc2)N2CCN(CCOCC(N)=O)CC2)cc1.Cl.Cl. The number of benzene rings is 2. The van der Waals surface area contributed by atoms with Gasteiger partial charge in [-0.05, 0) is 23.3 Å². The van der Waals surface area contributed by atoms with Crippen LogP contribution in [0.1, 0.15) is 17.2 Å². The first-order valence-electron chi connectivity index (χ1n) is 9.68. The molecule has 1 unspecified atom stereocenters. The van der Waals surface area contributed by atoms with E-state index in [1.54, 1.807) is 7.11 Å². The largest absolute Gasteiger partial charge is 0.497 e. The van der Waals surface area contributed by atoms with Crippen molar-refractivity contribution in [1.29, 1.82) is 0 Å². The minimum absolute atomic E-state index is 0. The van der Waals surface area contributed by atoms with Crippen LogP contribution in [0.15, 0.2) is 54.6 Å². The van der Waals surface area contributed by atoms with Crippen LogP contribution in [0.3, 0.4) is 0 Å². The van der Waals surface area contributed by atoms with E-state index in [9.17, 15) is 4.79 Å². The molecule has 6 nitrogen and oxygen atoms in total. The van der Waals surface area contributed by atoms with E-state index in [0.717, 1.165) is 38.5 Å². The Morgan fingerprint density at radius 3 is 2.13 bits per heavy atom. The number of hydrogen-bond donors (Lipinski definition) is 1. The molecular formula is C22H31Cl2N3O3. The molecule has 1 atom stereocenters. The monoisotopic (exact) mass is 455 g/mol. The summed E-state index contributed by atoms with van der Waals surface area (Å²) in [5.41, 5.74) is 7.67. The maximum absolute atomic E-state index is 10.7. The molecular weight excluding hydrogens is 425 g/mol. The highest BCUT2D eigenvalue weighted by molar-refractivity contribution is 5.85. The van der Waals surface area contributed by atoms with Crippen LogP contribution in [-0.2, 0) is 9.53 Å². The van der Waals surface area contributed by atoms with Crippen LogP contribution >= 0.6 is 24.8 Å². The number of carbonyl (C=O) groups is 1. The summed E-state index contributed by atoms with van der Waals surface area (Å²) < 4.78 is 10.6. The third-order valence-corrected chi connectivity index (χ3v) is 5.12. The second kappa shape index (κ2) is 13.5. The molecule has 2 aromatic carbocycles. The van der Waals surface area contributed by atoms with Crippen molar-refractivity contribution >= 4 is 30.7 Å².